The molecule has 0 spiro atoms. The Morgan fingerprint density at radius 1 is 1.25 bits per heavy atom. The van der Waals surface area contributed by atoms with Crippen LogP contribution in [-0.2, 0) is 10.0 Å². The highest BCUT2D eigenvalue weighted by Crippen LogP contribution is 2.19. The maximum atomic E-state index is 12.3. The zero-order valence-electron chi connectivity index (χ0n) is 11.3. The molecule has 0 saturated carbocycles. The molecule has 0 aliphatic carbocycles. The van der Waals surface area contributed by atoms with Gasteiger partial charge in [-0.25, -0.2) is 13.4 Å². The summed E-state index contributed by atoms with van der Waals surface area (Å²) in [5, 5.41) is 2.98. The molecule has 7 heteroatoms. The van der Waals surface area contributed by atoms with Crippen LogP contribution in [0, 0.1) is 6.92 Å². The Bertz CT molecular complexity index is 701. The Labute approximate surface area is 118 Å². The number of nitrogens with one attached hydrogen (secondary N) is 2. The van der Waals surface area contributed by atoms with Gasteiger partial charge in [0.25, 0.3) is 10.0 Å². The molecule has 2 rings (SSSR count). The molecule has 0 atom stereocenters. The second kappa shape index (κ2) is 5.87. The highest BCUT2D eigenvalue weighted by Gasteiger charge is 2.16. The van der Waals surface area contributed by atoms with E-state index < -0.39 is 10.0 Å². The molecular weight excluding hydrogens is 276 g/mol. The molecule has 0 fully saturated rings. The summed E-state index contributed by atoms with van der Waals surface area (Å²) in [5.74, 6) is 0.526. The zero-order valence-corrected chi connectivity index (χ0v) is 12.1. The maximum Gasteiger partial charge on any atom is 0.262 e. The fourth-order valence-electron chi connectivity index (χ4n) is 1.63. The van der Waals surface area contributed by atoms with Gasteiger partial charge in [-0.05, 0) is 31.5 Å². The molecule has 2 N–H and O–H groups in total. The Morgan fingerprint density at radius 3 is 2.75 bits per heavy atom. The molecule has 0 aliphatic heterocycles. The quantitative estimate of drug-likeness (QED) is 0.880. The van der Waals surface area contributed by atoms with Crippen molar-refractivity contribution in [2.24, 2.45) is 0 Å². The predicted molar refractivity (Wildman–Crippen MR) is 78.2 cm³/mol. The van der Waals surface area contributed by atoms with Crippen LogP contribution < -0.4 is 10.0 Å². The van der Waals surface area contributed by atoms with E-state index in [1.54, 1.807) is 12.3 Å². The first-order valence-electron chi connectivity index (χ1n) is 6.16. The average molecular weight is 292 g/mol. The third kappa shape index (κ3) is 3.24. The van der Waals surface area contributed by atoms with E-state index in [0.29, 0.717) is 18.1 Å². The molecule has 20 heavy (non-hydrogen) atoms. The van der Waals surface area contributed by atoms with E-state index in [2.05, 4.69) is 20.0 Å². The predicted octanol–water partition coefficient (Wildman–Crippen LogP) is 2.02. The molecule has 0 amide bonds. The number of hydrogen-bond acceptors (Lipinski definition) is 5. The molecule has 0 aromatic carbocycles. The normalized spacial score (nSPS) is 11.1. The molecule has 0 saturated heterocycles. The molecule has 0 radical (unpaired) electrons. The molecular formula is C13H16N4O2S. The molecule has 2 heterocycles. The summed E-state index contributed by atoms with van der Waals surface area (Å²) in [4.78, 5) is 8.13. The third-order valence-corrected chi connectivity index (χ3v) is 4.05. The van der Waals surface area contributed by atoms with Crippen molar-refractivity contribution >= 4 is 21.5 Å². The van der Waals surface area contributed by atoms with Crippen molar-refractivity contribution in [1.82, 2.24) is 9.97 Å². The molecule has 2 aromatic rings. The van der Waals surface area contributed by atoms with Crippen LogP contribution in [0.25, 0.3) is 0 Å². The minimum absolute atomic E-state index is 0.159. The first-order chi connectivity index (χ1) is 9.53. The van der Waals surface area contributed by atoms with Gasteiger partial charge in [-0.2, -0.15) is 0 Å². The molecule has 0 unspecified atom stereocenters. The molecule has 0 bridgehead atoms. The van der Waals surface area contributed by atoms with Gasteiger partial charge < -0.3 is 5.32 Å². The number of rotatable bonds is 5. The second-order valence-corrected chi connectivity index (χ2v) is 5.89. The minimum atomic E-state index is -3.65. The highest BCUT2D eigenvalue weighted by atomic mass is 32.2. The van der Waals surface area contributed by atoms with Crippen molar-refractivity contribution in [3.05, 3.63) is 42.4 Å². The van der Waals surface area contributed by atoms with Crippen LogP contribution in [0.1, 0.15) is 12.5 Å². The highest BCUT2D eigenvalue weighted by molar-refractivity contribution is 7.92. The first-order valence-corrected chi connectivity index (χ1v) is 7.64. The van der Waals surface area contributed by atoms with Crippen LogP contribution in [-0.4, -0.2) is 24.9 Å². The fraction of sp³-hybridized carbons (Fsp3) is 0.231. The third-order valence-electron chi connectivity index (χ3n) is 2.68. The number of sulfonamides is 1. The van der Waals surface area contributed by atoms with E-state index in [1.807, 2.05) is 13.8 Å². The fourth-order valence-corrected chi connectivity index (χ4v) is 2.76. The van der Waals surface area contributed by atoms with Gasteiger partial charge in [0.2, 0.25) is 0 Å². The van der Waals surface area contributed by atoms with Crippen LogP contribution in [0.4, 0.5) is 11.5 Å². The van der Waals surface area contributed by atoms with Gasteiger partial charge in [0.15, 0.2) is 0 Å². The summed E-state index contributed by atoms with van der Waals surface area (Å²) in [6, 6.07) is 4.70. The van der Waals surface area contributed by atoms with Crippen molar-refractivity contribution in [1.29, 1.82) is 0 Å². The van der Waals surface area contributed by atoms with E-state index in [4.69, 9.17) is 0 Å². The Balaban J connectivity index is 2.31. The number of anilines is 2. The summed E-state index contributed by atoms with van der Waals surface area (Å²) >= 11 is 0. The zero-order chi connectivity index (χ0) is 14.6. The molecule has 106 valence electrons. The monoisotopic (exact) mass is 292 g/mol. The minimum Gasteiger partial charge on any atom is -0.370 e. The SMILES string of the molecule is CCNc1cc(S(=O)(=O)Nc2cnccc2C)ccn1. The molecule has 0 aliphatic rings. The average Bonchev–Trinajstić information content (AvgIpc) is 2.42. The summed E-state index contributed by atoms with van der Waals surface area (Å²) in [5.41, 5.74) is 1.28. The van der Waals surface area contributed by atoms with Crippen molar-refractivity contribution in [3.63, 3.8) is 0 Å². The van der Waals surface area contributed by atoms with Crippen molar-refractivity contribution in [2.45, 2.75) is 18.7 Å². The van der Waals surface area contributed by atoms with E-state index in [-0.39, 0.29) is 4.90 Å². The van der Waals surface area contributed by atoms with Crippen LogP contribution in [0.3, 0.4) is 0 Å². The molecule has 6 nitrogen and oxygen atoms in total. The van der Waals surface area contributed by atoms with Gasteiger partial charge in [-0.3, -0.25) is 9.71 Å². The van der Waals surface area contributed by atoms with E-state index >= 15 is 0 Å². The van der Waals surface area contributed by atoms with Crippen LogP contribution in [0.5, 0.6) is 0 Å². The van der Waals surface area contributed by atoms with Crippen molar-refractivity contribution < 1.29 is 8.42 Å². The van der Waals surface area contributed by atoms with Crippen LogP contribution >= 0.6 is 0 Å². The van der Waals surface area contributed by atoms with Gasteiger partial charge in [-0.15, -0.1) is 0 Å². The van der Waals surface area contributed by atoms with Gasteiger partial charge in [0, 0.05) is 25.0 Å². The smallest absolute Gasteiger partial charge is 0.262 e. The van der Waals surface area contributed by atoms with Crippen molar-refractivity contribution in [3.8, 4) is 0 Å². The number of nitrogens with zero attached hydrogens (tertiary/aromatic N) is 2. The lowest BCUT2D eigenvalue weighted by Crippen LogP contribution is -2.14. The van der Waals surface area contributed by atoms with E-state index in [1.165, 1.54) is 24.5 Å². The van der Waals surface area contributed by atoms with Gasteiger partial charge >= 0.3 is 0 Å². The number of aromatic nitrogens is 2. The summed E-state index contributed by atoms with van der Waals surface area (Å²) in [7, 11) is -3.65. The lowest BCUT2D eigenvalue weighted by Gasteiger charge is -2.10. The largest absolute Gasteiger partial charge is 0.370 e. The van der Waals surface area contributed by atoms with Crippen LogP contribution in [0.2, 0.25) is 0 Å². The van der Waals surface area contributed by atoms with Crippen molar-refractivity contribution in [2.75, 3.05) is 16.6 Å². The summed E-state index contributed by atoms with van der Waals surface area (Å²) < 4.78 is 27.2. The van der Waals surface area contributed by atoms with Gasteiger partial charge in [0.05, 0.1) is 16.8 Å². The number of aryl methyl sites for hydroxylation is 1. The van der Waals surface area contributed by atoms with E-state index in [9.17, 15) is 8.42 Å². The number of pyridine rings is 2. The lowest BCUT2D eigenvalue weighted by atomic mass is 10.3. The molecule has 2 aromatic heterocycles. The summed E-state index contributed by atoms with van der Waals surface area (Å²) in [6.07, 6.45) is 4.56. The van der Waals surface area contributed by atoms with Gasteiger partial charge in [0.1, 0.15) is 5.82 Å². The van der Waals surface area contributed by atoms with Gasteiger partial charge in [-0.1, -0.05) is 0 Å². The van der Waals surface area contributed by atoms with Crippen LogP contribution in [0.15, 0.2) is 41.7 Å². The topological polar surface area (TPSA) is 84.0 Å². The van der Waals surface area contributed by atoms with E-state index in [0.717, 1.165) is 5.56 Å². The first kappa shape index (κ1) is 14.3. The standard InChI is InChI=1S/C13H16N4O2S/c1-3-15-13-8-11(5-7-16-13)20(18,19)17-12-9-14-6-4-10(12)2/h4-9,17H,3H2,1-2H3,(H,15,16). The Kier molecular flexibility index (Phi) is 4.19. The Hall–Kier alpha value is -2.15. The number of hydrogen-bond donors (Lipinski definition) is 2. The summed E-state index contributed by atoms with van der Waals surface area (Å²) in [6.45, 7) is 4.40. The maximum absolute atomic E-state index is 12.3. The Morgan fingerprint density at radius 2 is 2.05 bits per heavy atom. The lowest BCUT2D eigenvalue weighted by molar-refractivity contribution is 0.601. The second-order valence-electron chi connectivity index (χ2n) is 4.20.